The van der Waals surface area contributed by atoms with Crippen molar-refractivity contribution in [3.63, 3.8) is 0 Å². The maximum Gasteiger partial charge on any atom is 0.233 e. The molecule has 0 atom stereocenters. The minimum absolute atomic E-state index is 0.0431. The summed E-state index contributed by atoms with van der Waals surface area (Å²) in [5.41, 5.74) is 2.16. The smallest absolute Gasteiger partial charge is 0.233 e. The van der Waals surface area contributed by atoms with Crippen LogP contribution in [0.5, 0.6) is 0 Å². The Balaban J connectivity index is 1.82. The molecule has 88 valence electrons. The summed E-state index contributed by atoms with van der Waals surface area (Å²) < 4.78 is 0. The summed E-state index contributed by atoms with van der Waals surface area (Å²) in [5.74, 6) is 6.21. The van der Waals surface area contributed by atoms with Gasteiger partial charge in [-0.25, -0.2) is 5.84 Å². The van der Waals surface area contributed by atoms with Crippen LogP contribution in [0.1, 0.15) is 51.4 Å². The Morgan fingerprint density at radius 1 is 1.27 bits per heavy atom. The first-order valence-electron chi connectivity index (χ1n) is 5.94. The second-order valence-corrected chi connectivity index (χ2v) is 5.56. The summed E-state index contributed by atoms with van der Waals surface area (Å²) in [6.07, 6.45) is 9.61. The Bertz CT molecular complexity index is 181. The molecule has 1 amide bonds. The Morgan fingerprint density at radius 3 is 2.67 bits per heavy atom. The highest BCUT2D eigenvalue weighted by Crippen LogP contribution is 2.29. The van der Waals surface area contributed by atoms with Gasteiger partial charge in [-0.2, -0.15) is 11.8 Å². The van der Waals surface area contributed by atoms with Crippen molar-refractivity contribution >= 4 is 17.7 Å². The molecule has 0 saturated heterocycles. The predicted molar refractivity (Wildman–Crippen MR) is 65.5 cm³/mol. The van der Waals surface area contributed by atoms with Crippen LogP contribution in [0.15, 0.2) is 0 Å². The molecule has 3 N–H and O–H groups in total. The fraction of sp³-hybridized carbons (Fsp3) is 0.909. The van der Waals surface area contributed by atoms with E-state index >= 15 is 0 Å². The highest BCUT2D eigenvalue weighted by atomic mass is 32.2. The summed E-state index contributed by atoms with van der Waals surface area (Å²) in [7, 11) is 0. The number of carbonyl (C=O) groups excluding carboxylic acids is 1. The minimum Gasteiger partial charge on any atom is -0.294 e. The van der Waals surface area contributed by atoms with Crippen molar-refractivity contribution in [3.05, 3.63) is 0 Å². The molecule has 1 aliphatic carbocycles. The first kappa shape index (κ1) is 12.8. The molecule has 0 aromatic heterocycles. The lowest BCUT2D eigenvalue weighted by Crippen LogP contribution is -2.29. The molecular weight excluding hydrogens is 208 g/mol. The standard InChI is InChI=1S/C11H22N2OS/c12-13-11(14)8-2-1-5-9-15-10-6-3-4-7-10/h10H,1-9,12H2,(H,13,14). The molecule has 15 heavy (non-hydrogen) atoms. The first-order chi connectivity index (χ1) is 7.33. The zero-order valence-electron chi connectivity index (χ0n) is 9.34. The van der Waals surface area contributed by atoms with Crippen LogP contribution in [0, 0.1) is 0 Å². The van der Waals surface area contributed by atoms with E-state index in [-0.39, 0.29) is 5.91 Å². The lowest BCUT2D eigenvalue weighted by atomic mass is 10.2. The molecule has 1 aliphatic rings. The van der Waals surface area contributed by atoms with Gasteiger partial charge in [0.2, 0.25) is 5.91 Å². The minimum atomic E-state index is -0.0431. The summed E-state index contributed by atoms with van der Waals surface area (Å²) in [6, 6.07) is 0. The van der Waals surface area contributed by atoms with Crippen molar-refractivity contribution in [3.8, 4) is 0 Å². The number of nitrogens with two attached hydrogens (primary N) is 1. The third kappa shape index (κ3) is 6.05. The van der Waals surface area contributed by atoms with Crippen LogP contribution in [0.2, 0.25) is 0 Å². The topological polar surface area (TPSA) is 55.1 Å². The average Bonchev–Trinajstić information content (AvgIpc) is 2.75. The average molecular weight is 230 g/mol. The zero-order chi connectivity index (χ0) is 10.9. The second-order valence-electron chi connectivity index (χ2n) is 4.16. The van der Waals surface area contributed by atoms with Crippen molar-refractivity contribution in [1.29, 1.82) is 0 Å². The van der Waals surface area contributed by atoms with Crippen molar-refractivity contribution in [1.82, 2.24) is 5.43 Å². The van der Waals surface area contributed by atoms with E-state index in [1.807, 2.05) is 0 Å². The van der Waals surface area contributed by atoms with Gasteiger partial charge in [0.25, 0.3) is 0 Å². The van der Waals surface area contributed by atoms with Gasteiger partial charge in [-0.15, -0.1) is 0 Å². The number of nitrogens with one attached hydrogen (secondary N) is 1. The van der Waals surface area contributed by atoms with E-state index in [4.69, 9.17) is 5.84 Å². The monoisotopic (exact) mass is 230 g/mol. The van der Waals surface area contributed by atoms with Crippen LogP contribution in [0.4, 0.5) is 0 Å². The maximum absolute atomic E-state index is 10.8. The Morgan fingerprint density at radius 2 is 2.00 bits per heavy atom. The van der Waals surface area contributed by atoms with Crippen molar-refractivity contribution in [2.75, 3.05) is 5.75 Å². The van der Waals surface area contributed by atoms with Crippen LogP contribution < -0.4 is 11.3 Å². The molecule has 1 rings (SSSR count). The lowest BCUT2D eigenvalue weighted by molar-refractivity contribution is -0.121. The van der Waals surface area contributed by atoms with Crippen LogP contribution in [-0.4, -0.2) is 16.9 Å². The number of hydrogen-bond donors (Lipinski definition) is 2. The Hall–Kier alpha value is -0.220. The number of hydrogen-bond acceptors (Lipinski definition) is 3. The van der Waals surface area contributed by atoms with E-state index in [2.05, 4.69) is 17.2 Å². The maximum atomic E-state index is 10.8. The number of amides is 1. The molecule has 0 aliphatic heterocycles. The number of hydrazine groups is 1. The molecule has 0 unspecified atom stereocenters. The van der Waals surface area contributed by atoms with Gasteiger partial charge in [0.1, 0.15) is 0 Å². The van der Waals surface area contributed by atoms with Gasteiger partial charge in [0.15, 0.2) is 0 Å². The van der Waals surface area contributed by atoms with E-state index in [9.17, 15) is 4.79 Å². The van der Waals surface area contributed by atoms with Gasteiger partial charge in [-0.1, -0.05) is 19.3 Å². The predicted octanol–water partition coefficient (Wildman–Crippen LogP) is 2.21. The highest BCUT2D eigenvalue weighted by Gasteiger charge is 2.14. The van der Waals surface area contributed by atoms with E-state index < -0.39 is 0 Å². The fourth-order valence-corrected chi connectivity index (χ4v) is 3.31. The number of carbonyl (C=O) groups is 1. The van der Waals surface area contributed by atoms with Crippen LogP contribution in [-0.2, 0) is 4.79 Å². The molecule has 1 fully saturated rings. The van der Waals surface area contributed by atoms with Gasteiger partial charge in [-0.3, -0.25) is 10.2 Å². The molecule has 0 radical (unpaired) electrons. The van der Waals surface area contributed by atoms with E-state index in [1.165, 1.54) is 37.9 Å². The molecule has 1 saturated carbocycles. The first-order valence-corrected chi connectivity index (χ1v) is 6.99. The SMILES string of the molecule is NNC(=O)CCCCCSC1CCCC1. The number of thioether (sulfide) groups is 1. The molecule has 0 bridgehead atoms. The van der Waals surface area contributed by atoms with Gasteiger partial charge < -0.3 is 0 Å². The Labute approximate surface area is 96.5 Å². The number of unbranched alkanes of at least 4 members (excludes halogenated alkanes) is 2. The summed E-state index contributed by atoms with van der Waals surface area (Å²) in [4.78, 5) is 10.8. The van der Waals surface area contributed by atoms with Crippen LogP contribution in [0.3, 0.4) is 0 Å². The summed E-state index contributed by atoms with van der Waals surface area (Å²) >= 11 is 2.12. The molecule has 3 nitrogen and oxygen atoms in total. The lowest BCUT2D eigenvalue weighted by Gasteiger charge is -2.07. The van der Waals surface area contributed by atoms with Gasteiger partial charge in [-0.05, 0) is 31.4 Å². The van der Waals surface area contributed by atoms with E-state index in [0.717, 1.165) is 18.1 Å². The molecule has 0 aromatic carbocycles. The normalized spacial score (nSPS) is 16.9. The second kappa shape index (κ2) is 7.99. The Kier molecular flexibility index (Phi) is 6.85. The van der Waals surface area contributed by atoms with Gasteiger partial charge >= 0.3 is 0 Å². The van der Waals surface area contributed by atoms with Gasteiger partial charge in [0.05, 0.1) is 0 Å². The molecule has 4 heteroatoms. The number of rotatable bonds is 7. The van der Waals surface area contributed by atoms with E-state index in [1.54, 1.807) is 0 Å². The van der Waals surface area contributed by atoms with E-state index in [0.29, 0.717) is 6.42 Å². The van der Waals surface area contributed by atoms with Gasteiger partial charge in [0, 0.05) is 11.7 Å². The fourth-order valence-electron chi connectivity index (χ4n) is 1.94. The van der Waals surface area contributed by atoms with Crippen molar-refractivity contribution in [2.24, 2.45) is 5.84 Å². The quantitative estimate of drug-likeness (QED) is 0.305. The van der Waals surface area contributed by atoms with Crippen LogP contribution >= 0.6 is 11.8 Å². The molecular formula is C11H22N2OS. The summed E-state index contributed by atoms with van der Waals surface area (Å²) in [6.45, 7) is 0. The third-order valence-electron chi connectivity index (χ3n) is 2.86. The van der Waals surface area contributed by atoms with Crippen molar-refractivity contribution < 1.29 is 4.79 Å². The summed E-state index contributed by atoms with van der Waals surface area (Å²) in [5, 5.41) is 0.928. The third-order valence-corrected chi connectivity index (χ3v) is 4.33. The van der Waals surface area contributed by atoms with Crippen LogP contribution in [0.25, 0.3) is 0 Å². The van der Waals surface area contributed by atoms with Crippen molar-refractivity contribution in [2.45, 2.75) is 56.6 Å². The largest absolute Gasteiger partial charge is 0.294 e. The highest BCUT2D eigenvalue weighted by molar-refractivity contribution is 7.99. The molecule has 0 heterocycles. The zero-order valence-corrected chi connectivity index (χ0v) is 10.2. The molecule has 0 spiro atoms. The molecule has 0 aromatic rings.